The lowest BCUT2D eigenvalue weighted by molar-refractivity contribution is -0.384. The maximum atomic E-state index is 13.2. The minimum atomic E-state index is -5.07. The molecule has 12 nitrogen and oxygen atoms in total. The van der Waals surface area contributed by atoms with Gasteiger partial charge in [-0.25, -0.2) is 0 Å². The predicted molar refractivity (Wildman–Crippen MR) is 181 cm³/mol. The average molecular weight is 712 g/mol. The Morgan fingerprint density at radius 3 is 2.31 bits per heavy atom. The molecule has 2 N–H and O–H groups in total. The molecule has 0 spiro atoms. The number of carbonyl (C=O) groups is 2. The van der Waals surface area contributed by atoms with E-state index in [1.54, 1.807) is 36.4 Å². The summed E-state index contributed by atoms with van der Waals surface area (Å²) in [5, 5.41) is 23.3. The number of non-ortho nitro benzene ring substituents is 1. The Labute approximate surface area is 292 Å². The highest BCUT2D eigenvalue weighted by Gasteiger charge is 2.48. The molecule has 51 heavy (non-hydrogen) atoms. The van der Waals surface area contributed by atoms with Crippen LogP contribution in [-0.2, 0) is 25.7 Å². The lowest BCUT2D eigenvalue weighted by Gasteiger charge is -2.44. The summed E-state index contributed by atoms with van der Waals surface area (Å²) in [5.74, 6) is -2.81. The minimum Gasteiger partial charge on any atom is -0.392 e. The number of carbonyl (C=O) groups excluding carboxylic acids is 2. The molecule has 3 heterocycles. The maximum absolute atomic E-state index is 13.2. The molecule has 3 aromatic carbocycles. The Morgan fingerprint density at radius 2 is 1.67 bits per heavy atom. The highest BCUT2D eigenvalue weighted by atomic mass is 19.4. The van der Waals surface area contributed by atoms with E-state index >= 15 is 0 Å². The molecule has 0 radical (unpaired) electrons. The molecule has 15 heteroatoms. The van der Waals surface area contributed by atoms with Gasteiger partial charge in [-0.3, -0.25) is 24.6 Å². The normalized spacial score (nSPS) is 24.4. The number of aliphatic hydroxyl groups is 1. The number of piperazine rings is 1. The molecule has 0 unspecified atom stereocenters. The third-order valence-corrected chi connectivity index (χ3v) is 9.84. The SMILES string of the molecule is C[C@@H]1[C@H](CN2CCN(c3ccc([N+](=O)[O-])cc3)CC2)O[C@H](c2cccc(NC(=O)[C@@H]3CCCN3C(=O)C(F)(F)F)c2)O[C@@H]1c1ccc(CO)cc1. The van der Waals surface area contributed by atoms with Crippen LogP contribution >= 0.6 is 0 Å². The third-order valence-electron chi connectivity index (χ3n) is 9.84. The largest absolute Gasteiger partial charge is 0.471 e. The lowest BCUT2D eigenvalue weighted by Crippen LogP contribution is -2.51. The zero-order valence-corrected chi connectivity index (χ0v) is 28.0. The van der Waals surface area contributed by atoms with E-state index < -0.39 is 35.2 Å². The van der Waals surface area contributed by atoms with Crippen molar-refractivity contribution in [2.75, 3.05) is 49.5 Å². The van der Waals surface area contributed by atoms with Crippen LogP contribution in [-0.4, -0.2) is 89.2 Å². The number of halogens is 3. The number of amides is 2. The van der Waals surface area contributed by atoms with Crippen molar-refractivity contribution in [3.63, 3.8) is 0 Å². The summed E-state index contributed by atoms with van der Waals surface area (Å²) in [4.78, 5) is 40.8. The van der Waals surface area contributed by atoms with E-state index in [9.17, 15) is 38.0 Å². The fourth-order valence-electron chi connectivity index (χ4n) is 6.99. The molecule has 5 atom stereocenters. The van der Waals surface area contributed by atoms with Gasteiger partial charge in [0.05, 0.1) is 23.7 Å². The highest BCUT2D eigenvalue weighted by Crippen LogP contribution is 2.42. The second-order valence-corrected chi connectivity index (χ2v) is 13.2. The van der Waals surface area contributed by atoms with E-state index in [4.69, 9.17) is 9.47 Å². The Balaban J connectivity index is 1.17. The average Bonchev–Trinajstić information content (AvgIpc) is 3.62. The van der Waals surface area contributed by atoms with E-state index in [-0.39, 0.29) is 49.8 Å². The van der Waals surface area contributed by atoms with E-state index in [2.05, 4.69) is 22.0 Å². The Hall–Kier alpha value is -4.57. The van der Waals surface area contributed by atoms with Crippen LogP contribution in [0.2, 0.25) is 0 Å². The van der Waals surface area contributed by atoms with Crippen molar-refractivity contribution in [2.24, 2.45) is 5.92 Å². The summed E-state index contributed by atoms with van der Waals surface area (Å²) in [6.07, 6.45) is -6.17. The standard InChI is InChI=1S/C36H40F3N5O7/c1-23-31(21-41-16-18-42(19-17-41)28-11-13-29(14-12-28)44(48)49)50-34(51-32(23)25-9-7-24(22-45)8-10-25)26-4-2-5-27(20-26)40-33(46)30-6-3-15-43(30)35(47)36(37,38)39/h2,4-5,7-14,20,23,30-32,34,45H,3,6,15-19,21-22H2,1H3,(H,40,46)/t23-,30+,31+,32+,34+/m1/s1. The first kappa shape index (κ1) is 36.2. The van der Waals surface area contributed by atoms with Crippen molar-refractivity contribution in [2.45, 2.75) is 57.1 Å². The van der Waals surface area contributed by atoms with E-state index in [1.807, 2.05) is 24.3 Å². The number of rotatable bonds is 9. The zero-order valence-electron chi connectivity index (χ0n) is 28.0. The molecular formula is C36H40F3N5O7. The molecular weight excluding hydrogens is 671 g/mol. The summed E-state index contributed by atoms with van der Waals surface area (Å²) >= 11 is 0. The van der Waals surface area contributed by atoms with Gasteiger partial charge < -0.3 is 29.7 Å². The third kappa shape index (κ3) is 8.33. The molecule has 272 valence electrons. The number of aliphatic hydroxyl groups excluding tert-OH is 1. The predicted octanol–water partition coefficient (Wildman–Crippen LogP) is 5.19. The van der Waals surface area contributed by atoms with Crippen LogP contribution in [0.25, 0.3) is 0 Å². The molecule has 3 saturated heterocycles. The number of hydrogen-bond donors (Lipinski definition) is 2. The van der Waals surface area contributed by atoms with Gasteiger partial charge >= 0.3 is 12.1 Å². The summed E-state index contributed by atoms with van der Waals surface area (Å²) < 4.78 is 52.6. The van der Waals surface area contributed by atoms with Crippen molar-refractivity contribution in [3.8, 4) is 0 Å². The van der Waals surface area contributed by atoms with Gasteiger partial charge in [-0.05, 0) is 48.2 Å². The van der Waals surface area contributed by atoms with Gasteiger partial charge in [0.25, 0.3) is 5.69 Å². The van der Waals surface area contributed by atoms with Gasteiger partial charge in [0.1, 0.15) is 6.04 Å². The Morgan fingerprint density at radius 1 is 0.961 bits per heavy atom. The molecule has 0 aliphatic carbocycles. The Kier molecular flexibility index (Phi) is 10.9. The number of ether oxygens (including phenoxy) is 2. The first-order valence-electron chi connectivity index (χ1n) is 16.9. The van der Waals surface area contributed by atoms with E-state index in [0.29, 0.717) is 22.7 Å². The van der Waals surface area contributed by atoms with Crippen LogP contribution in [0.3, 0.4) is 0 Å². The van der Waals surface area contributed by atoms with Crippen molar-refractivity contribution in [1.82, 2.24) is 9.80 Å². The van der Waals surface area contributed by atoms with Crippen LogP contribution in [0.1, 0.15) is 48.8 Å². The van der Waals surface area contributed by atoms with Crippen molar-refractivity contribution < 1.29 is 42.3 Å². The van der Waals surface area contributed by atoms with Gasteiger partial charge in [0.15, 0.2) is 6.29 Å². The fourth-order valence-corrected chi connectivity index (χ4v) is 6.99. The van der Waals surface area contributed by atoms with E-state index in [0.717, 1.165) is 43.0 Å². The van der Waals surface area contributed by atoms with Crippen molar-refractivity contribution in [3.05, 3.63) is 99.6 Å². The van der Waals surface area contributed by atoms with Crippen molar-refractivity contribution in [1.29, 1.82) is 0 Å². The number of nitro benzene ring substituents is 1. The second kappa shape index (κ2) is 15.4. The second-order valence-electron chi connectivity index (χ2n) is 13.2. The fraction of sp³-hybridized carbons (Fsp3) is 0.444. The van der Waals surface area contributed by atoms with E-state index in [1.165, 1.54) is 12.1 Å². The summed E-state index contributed by atoms with van der Waals surface area (Å²) in [7, 11) is 0. The lowest BCUT2D eigenvalue weighted by atomic mass is 9.90. The maximum Gasteiger partial charge on any atom is 0.471 e. The first-order chi connectivity index (χ1) is 24.4. The molecule has 0 aromatic heterocycles. The van der Waals surface area contributed by atoms with Crippen molar-refractivity contribution >= 4 is 28.9 Å². The topological polar surface area (TPSA) is 138 Å². The van der Waals surface area contributed by atoms with Crippen LogP contribution in [0.4, 0.5) is 30.2 Å². The zero-order chi connectivity index (χ0) is 36.3. The van der Waals surface area contributed by atoms with Gasteiger partial charge in [0, 0.05) is 74.3 Å². The molecule has 2 amide bonds. The molecule has 3 fully saturated rings. The van der Waals surface area contributed by atoms with Crippen LogP contribution in [0.5, 0.6) is 0 Å². The quantitative estimate of drug-likeness (QED) is 0.227. The molecule has 6 rings (SSSR count). The molecule has 3 aliphatic rings. The highest BCUT2D eigenvalue weighted by molar-refractivity contribution is 5.98. The number of anilines is 2. The smallest absolute Gasteiger partial charge is 0.392 e. The number of nitrogens with one attached hydrogen (secondary N) is 1. The van der Waals surface area contributed by atoms with Crippen LogP contribution in [0.15, 0.2) is 72.8 Å². The minimum absolute atomic E-state index is 0.0453. The summed E-state index contributed by atoms with van der Waals surface area (Å²) in [5.41, 5.74) is 3.56. The van der Waals surface area contributed by atoms with Crippen LogP contribution in [0, 0.1) is 16.0 Å². The van der Waals surface area contributed by atoms with Gasteiger partial charge in [0.2, 0.25) is 5.91 Å². The molecule has 3 aliphatic heterocycles. The Bertz CT molecular complexity index is 1700. The summed E-state index contributed by atoms with van der Waals surface area (Å²) in [6.45, 7) is 5.34. The van der Waals surface area contributed by atoms with Gasteiger partial charge in [-0.2, -0.15) is 13.2 Å². The van der Waals surface area contributed by atoms with Gasteiger partial charge in [-0.15, -0.1) is 0 Å². The molecule has 0 bridgehead atoms. The number of nitrogens with zero attached hydrogens (tertiary/aromatic N) is 4. The number of benzene rings is 3. The molecule has 3 aromatic rings. The first-order valence-corrected chi connectivity index (χ1v) is 16.9. The number of likely N-dealkylation sites (tertiary alicyclic amines) is 1. The monoisotopic (exact) mass is 711 g/mol. The summed E-state index contributed by atoms with van der Waals surface area (Å²) in [6, 6.07) is 19.6. The van der Waals surface area contributed by atoms with Crippen LogP contribution < -0.4 is 10.2 Å². The number of alkyl halides is 3. The number of nitro groups is 1. The molecule has 0 saturated carbocycles. The van der Waals surface area contributed by atoms with Gasteiger partial charge in [-0.1, -0.05) is 43.3 Å². The number of hydrogen-bond acceptors (Lipinski definition) is 9.